The van der Waals surface area contributed by atoms with E-state index in [9.17, 15) is 18.0 Å². The Balaban J connectivity index is 2.10. The lowest BCUT2D eigenvalue weighted by molar-refractivity contribution is -0.137. The van der Waals surface area contributed by atoms with Crippen LogP contribution in [0.15, 0.2) is 24.3 Å². The number of hydrogen-bond acceptors (Lipinski definition) is 1. The topological polar surface area (TPSA) is 17.1 Å². The molecular weight excluding hydrogens is 337 g/mol. The first-order valence-electron chi connectivity index (χ1n) is 10.0. The highest BCUT2D eigenvalue weighted by molar-refractivity contribution is 5.88. The molecule has 2 rings (SSSR count). The summed E-state index contributed by atoms with van der Waals surface area (Å²) in [6, 6.07) is 5.40. The number of rotatable bonds is 10. The number of carbonyl (C=O) groups excluding carboxylic acids is 1. The highest BCUT2D eigenvalue weighted by Gasteiger charge is 2.34. The zero-order valence-corrected chi connectivity index (χ0v) is 15.9. The molecule has 0 N–H and O–H groups in total. The van der Waals surface area contributed by atoms with Gasteiger partial charge in [0.15, 0.2) is 0 Å². The van der Waals surface area contributed by atoms with Gasteiger partial charge in [0, 0.05) is 11.8 Å². The van der Waals surface area contributed by atoms with Crippen molar-refractivity contribution in [2.75, 3.05) is 0 Å². The van der Waals surface area contributed by atoms with Gasteiger partial charge in [0.1, 0.15) is 5.78 Å². The summed E-state index contributed by atoms with van der Waals surface area (Å²) in [5.74, 6) is 0.307. The SMILES string of the molecule is CCCCCC(C)CCC(C(=O)C1CCC1)c1cccc(C(F)(F)F)c1. The van der Waals surface area contributed by atoms with E-state index in [1.807, 2.05) is 0 Å². The van der Waals surface area contributed by atoms with Crippen molar-refractivity contribution < 1.29 is 18.0 Å². The summed E-state index contributed by atoms with van der Waals surface area (Å²) < 4.78 is 39.2. The molecule has 2 atom stereocenters. The first kappa shape index (κ1) is 21.0. The van der Waals surface area contributed by atoms with E-state index in [1.165, 1.54) is 31.4 Å². The van der Waals surface area contributed by atoms with Crippen LogP contribution >= 0.6 is 0 Å². The van der Waals surface area contributed by atoms with Gasteiger partial charge in [0.05, 0.1) is 5.56 Å². The van der Waals surface area contributed by atoms with Gasteiger partial charge < -0.3 is 0 Å². The van der Waals surface area contributed by atoms with E-state index in [4.69, 9.17) is 0 Å². The molecule has 0 radical (unpaired) electrons. The molecule has 146 valence electrons. The highest BCUT2D eigenvalue weighted by Crippen LogP contribution is 2.38. The Kier molecular flexibility index (Phi) is 7.72. The van der Waals surface area contributed by atoms with Crippen LogP contribution in [0.2, 0.25) is 0 Å². The number of Topliss-reactive ketones (excluding diaryl/α,β-unsaturated/α-hetero) is 1. The van der Waals surface area contributed by atoms with Crippen LogP contribution in [0.25, 0.3) is 0 Å². The largest absolute Gasteiger partial charge is 0.416 e. The van der Waals surface area contributed by atoms with Crippen LogP contribution in [0.1, 0.15) is 88.7 Å². The molecule has 0 aliphatic heterocycles. The molecule has 1 aromatic carbocycles. The fraction of sp³-hybridized carbons (Fsp3) is 0.682. The normalized spacial score (nSPS) is 17.6. The third-order valence-electron chi connectivity index (χ3n) is 5.72. The Bertz CT molecular complexity index is 575. The predicted molar refractivity (Wildman–Crippen MR) is 99.1 cm³/mol. The maximum Gasteiger partial charge on any atom is 0.416 e. The summed E-state index contributed by atoms with van der Waals surface area (Å²) in [6.07, 6.45) is 4.71. The monoisotopic (exact) mass is 368 g/mol. The maximum absolute atomic E-state index is 13.1. The Labute approximate surface area is 155 Å². The molecule has 1 nitrogen and oxygen atoms in total. The van der Waals surface area contributed by atoms with Crippen molar-refractivity contribution in [3.8, 4) is 0 Å². The average molecular weight is 368 g/mol. The molecule has 1 aliphatic carbocycles. The molecular formula is C22H31F3O. The number of hydrogen-bond donors (Lipinski definition) is 0. The summed E-state index contributed by atoms with van der Waals surface area (Å²) in [4.78, 5) is 12.9. The van der Waals surface area contributed by atoms with Crippen molar-refractivity contribution in [2.24, 2.45) is 11.8 Å². The van der Waals surface area contributed by atoms with Gasteiger partial charge in [-0.05, 0) is 43.2 Å². The van der Waals surface area contributed by atoms with E-state index in [-0.39, 0.29) is 11.7 Å². The second-order valence-corrected chi connectivity index (χ2v) is 7.88. The van der Waals surface area contributed by atoms with Crippen LogP contribution < -0.4 is 0 Å². The van der Waals surface area contributed by atoms with Crippen molar-refractivity contribution >= 4 is 5.78 Å². The van der Waals surface area contributed by atoms with Gasteiger partial charge >= 0.3 is 6.18 Å². The van der Waals surface area contributed by atoms with Crippen LogP contribution in [0.4, 0.5) is 13.2 Å². The number of halogens is 3. The lowest BCUT2D eigenvalue weighted by Gasteiger charge is -2.29. The van der Waals surface area contributed by atoms with Gasteiger partial charge in [-0.15, -0.1) is 0 Å². The molecule has 0 spiro atoms. The van der Waals surface area contributed by atoms with E-state index in [0.717, 1.165) is 38.2 Å². The first-order valence-corrected chi connectivity index (χ1v) is 10.0. The van der Waals surface area contributed by atoms with E-state index >= 15 is 0 Å². The van der Waals surface area contributed by atoms with Crippen molar-refractivity contribution in [3.63, 3.8) is 0 Å². The quantitative estimate of drug-likeness (QED) is 0.401. The Hall–Kier alpha value is -1.32. The molecule has 4 heteroatoms. The van der Waals surface area contributed by atoms with Gasteiger partial charge in [0.25, 0.3) is 0 Å². The number of alkyl halides is 3. The molecule has 1 saturated carbocycles. The van der Waals surface area contributed by atoms with Gasteiger partial charge in [-0.2, -0.15) is 13.2 Å². The Morgan fingerprint density at radius 1 is 1.15 bits per heavy atom. The predicted octanol–water partition coefficient (Wildman–Crippen LogP) is 7.15. The molecule has 2 unspecified atom stereocenters. The Morgan fingerprint density at radius 3 is 2.46 bits per heavy atom. The number of ketones is 1. The van der Waals surface area contributed by atoms with Crippen LogP contribution in [-0.2, 0) is 11.0 Å². The van der Waals surface area contributed by atoms with E-state index < -0.39 is 17.7 Å². The van der Waals surface area contributed by atoms with Gasteiger partial charge in [-0.25, -0.2) is 0 Å². The van der Waals surface area contributed by atoms with Gasteiger partial charge in [0.2, 0.25) is 0 Å². The molecule has 0 amide bonds. The number of carbonyl (C=O) groups is 1. The maximum atomic E-state index is 13.1. The molecule has 0 saturated heterocycles. The van der Waals surface area contributed by atoms with Crippen LogP contribution in [0, 0.1) is 11.8 Å². The minimum absolute atomic E-state index is 0.0462. The molecule has 0 aromatic heterocycles. The summed E-state index contributed by atoms with van der Waals surface area (Å²) >= 11 is 0. The summed E-state index contributed by atoms with van der Waals surface area (Å²) in [5, 5.41) is 0. The smallest absolute Gasteiger partial charge is 0.299 e. The van der Waals surface area contributed by atoms with Crippen LogP contribution in [-0.4, -0.2) is 5.78 Å². The molecule has 0 bridgehead atoms. The summed E-state index contributed by atoms with van der Waals surface area (Å²) in [7, 11) is 0. The summed E-state index contributed by atoms with van der Waals surface area (Å²) in [5.41, 5.74) is -0.116. The third kappa shape index (κ3) is 5.85. The molecule has 1 fully saturated rings. The average Bonchev–Trinajstić information content (AvgIpc) is 2.53. The third-order valence-corrected chi connectivity index (χ3v) is 5.72. The minimum atomic E-state index is -4.37. The lowest BCUT2D eigenvalue weighted by atomic mass is 9.74. The van der Waals surface area contributed by atoms with Crippen molar-refractivity contribution in [3.05, 3.63) is 35.4 Å². The Morgan fingerprint density at radius 2 is 1.88 bits per heavy atom. The lowest BCUT2D eigenvalue weighted by Crippen LogP contribution is -2.28. The van der Waals surface area contributed by atoms with Crippen LogP contribution in [0.3, 0.4) is 0 Å². The number of benzene rings is 1. The van der Waals surface area contributed by atoms with Crippen molar-refractivity contribution in [1.82, 2.24) is 0 Å². The molecule has 26 heavy (non-hydrogen) atoms. The molecule has 0 heterocycles. The van der Waals surface area contributed by atoms with E-state index in [1.54, 1.807) is 6.07 Å². The second kappa shape index (κ2) is 9.57. The van der Waals surface area contributed by atoms with Gasteiger partial charge in [-0.3, -0.25) is 4.79 Å². The van der Waals surface area contributed by atoms with Crippen molar-refractivity contribution in [2.45, 2.75) is 83.7 Å². The van der Waals surface area contributed by atoms with E-state index in [0.29, 0.717) is 17.9 Å². The highest BCUT2D eigenvalue weighted by atomic mass is 19.4. The zero-order chi connectivity index (χ0) is 19.2. The zero-order valence-electron chi connectivity index (χ0n) is 15.9. The summed E-state index contributed by atoms with van der Waals surface area (Å²) in [6.45, 7) is 4.36. The van der Waals surface area contributed by atoms with Crippen LogP contribution in [0.5, 0.6) is 0 Å². The fourth-order valence-electron chi connectivity index (χ4n) is 3.72. The van der Waals surface area contributed by atoms with Crippen molar-refractivity contribution in [1.29, 1.82) is 0 Å². The number of unbranched alkanes of at least 4 members (excludes halogenated alkanes) is 2. The standard InChI is InChI=1S/C22H31F3O/c1-3-4-5-8-16(2)13-14-20(21(26)17-9-6-10-17)18-11-7-12-19(15-18)22(23,24)25/h7,11-12,15-17,20H,3-6,8-10,13-14H2,1-2H3. The first-order chi connectivity index (χ1) is 12.3. The minimum Gasteiger partial charge on any atom is -0.299 e. The van der Waals surface area contributed by atoms with E-state index in [2.05, 4.69) is 13.8 Å². The molecule has 1 aromatic rings. The van der Waals surface area contributed by atoms with Gasteiger partial charge in [-0.1, -0.05) is 64.2 Å². The molecule has 1 aliphatic rings. The fourth-order valence-corrected chi connectivity index (χ4v) is 3.72. The second-order valence-electron chi connectivity index (χ2n) is 7.88.